The Hall–Kier alpha value is -3.59. The number of ether oxygens (including phenoxy) is 4. The lowest BCUT2D eigenvalue weighted by Crippen LogP contribution is -2.53. The van der Waals surface area contributed by atoms with Gasteiger partial charge in [0.15, 0.2) is 0 Å². The van der Waals surface area contributed by atoms with E-state index in [0.717, 1.165) is 0 Å². The van der Waals surface area contributed by atoms with Crippen molar-refractivity contribution in [3.05, 3.63) is 53.6 Å². The first-order chi connectivity index (χ1) is 16.4. The highest BCUT2D eigenvalue weighted by Crippen LogP contribution is 2.32. The number of anilines is 1. The highest BCUT2D eigenvalue weighted by molar-refractivity contribution is 6.05. The number of likely N-dealkylation sites (N-methyl/N-ethyl adjacent to an activating group) is 1. The number of carbonyl (C=O) groups is 3. The summed E-state index contributed by atoms with van der Waals surface area (Å²) in [6, 6.07) is 11.5. The Morgan fingerprint density at radius 2 is 1.88 bits per heavy atom. The van der Waals surface area contributed by atoms with Crippen LogP contribution in [0.2, 0.25) is 0 Å². The van der Waals surface area contributed by atoms with Gasteiger partial charge in [0.1, 0.15) is 24.2 Å². The lowest BCUT2D eigenvalue weighted by Gasteiger charge is -2.42. The van der Waals surface area contributed by atoms with Gasteiger partial charge in [-0.15, -0.1) is 0 Å². The molecule has 9 heteroatoms. The number of carbonyl (C=O) groups excluding carboxylic acids is 3. The second kappa shape index (κ2) is 10.1. The Labute approximate surface area is 197 Å². The van der Waals surface area contributed by atoms with E-state index in [-0.39, 0.29) is 49.1 Å². The minimum atomic E-state index is -0.361. The molecular formula is C25H28N2O7. The molecule has 34 heavy (non-hydrogen) atoms. The Morgan fingerprint density at radius 1 is 1.12 bits per heavy atom. The smallest absolute Gasteiger partial charge is 0.308 e. The van der Waals surface area contributed by atoms with E-state index in [4.69, 9.17) is 18.9 Å². The van der Waals surface area contributed by atoms with Crippen molar-refractivity contribution in [2.24, 2.45) is 0 Å². The van der Waals surface area contributed by atoms with Crippen LogP contribution in [0.3, 0.4) is 0 Å². The van der Waals surface area contributed by atoms with Gasteiger partial charge in [0.05, 0.1) is 38.3 Å². The molecule has 0 aliphatic carbocycles. The molecule has 1 saturated heterocycles. The van der Waals surface area contributed by atoms with Crippen molar-refractivity contribution in [2.75, 3.05) is 33.2 Å². The molecule has 2 amide bonds. The van der Waals surface area contributed by atoms with Gasteiger partial charge in [-0.2, -0.15) is 0 Å². The summed E-state index contributed by atoms with van der Waals surface area (Å²) in [5.74, 6) is 0.225. The number of esters is 1. The standard InChI is InChI=1S/C25H28N2O7/c1-27-20-10-9-18(13-23(28)32-3)34-22(20)14-33-21-11-6-16(12-19(21)25(27)30)26-24(29)15-4-7-17(31-2)8-5-15/h4-8,11-12,18,20,22H,9-10,13-14H2,1-3H3,(H,26,29)/t18-,20-,22+/m1/s1. The molecule has 2 aliphatic heterocycles. The molecule has 9 nitrogen and oxygen atoms in total. The van der Waals surface area contributed by atoms with Gasteiger partial charge in [-0.1, -0.05) is 0 Å². The summed E-state index contributed by atoms with van der Waals surface area (Å²) < 4.78 is 21.9. The Bertz CT molecular complexity index is 1070. The fourth-order valence-corrected chi connectivity index (χ4v) is 4.32. The van der Waals surface area contributed by atoms with E-state index >= 15 is 0 Å². The number of hydrogen-bond acceptors (Lipinski definition) is 7. The Morgan fingerprint density at radius 3 is 2.59 bits per heavy atom. The highest BCUT2D eigenvalue weighted by Gasteiger charge is 2.39. The Balaban J connectivity index is 1.50. The molecule has 2 aromatic rings. The predicted octanol–water partition coefficient (Wildman–Crippen LogP) is 2.89. The van der Waals surface area contributed by atoms with Crippen LogP contribution in [0.5, 0.6) is 11.5 Å². The molecule has 2 aliphatic rings. The third-order valence-corrected chi connectivity index (χ3v) is 6.24. The minimum absolute atomic E-state index is 0.172. The molecule has 0 spiro atoms. The van der Waals surface area contributed by atoms with Crippen LogP contribution in [-0.2, 0) is 14.3 Å². The molecule has 0 radical (unpaired) electrons. The first-order valence-corrected chi connectivity index (χ1v) is 11.1. The van der Waals surface area contributed by atoms with Gasteiger partial charge in [-0.25, -0.2) is 0 Å². The molecular weight excluding hydrogens is 440 g/mol. The monoisotopic (exact) mass is 468 g/mol. The third kappa shape index (κ3) is 4.99. The van der Waals surface area contributed by atoms with Gasteiger partial charge in [-0.3, -0.25) is 14.4 Å². The number of amides is 2. The number of nitrogens with one attached hydrogen (secondary N) is 1. The van der Waals surface area contributed by atoms with E-state index in [9.17, 15) is 14.4 Å². The largest absolute Gasteiger partial charge is 0.497 e. The van der Waals surface area contributed by atoms with Gasteiger partial charge in [0.2, 0.25) is 0 Å². The second-order valence-corrected chi connectivity index (χ2v) is 8.34. The minimum Gasteiger partial charge on any atom is -0.497 e. The van der Waals surface area contributed by atoms with Gasteiger partial charge >= 0.3 is 5.97 Å². The highest BCUT2D eigenvalue weighted by atomic mass is 16.6. The van der Waals surface area contributed by atoms with E-state index in [0.29, 0.717) is 41.2 Å². The maximum absolute atomic E-state index is 13.3. The first-order valence-electron chi connectivity index (χ1n) is 11.1. The van der Waals surface area contributed by atoms with Crippen LogP contribution in [0.25, 0.3) is 0 Å². The van der Waals surface area contributed by atoms with Crippen molar-refractivity contribution in [2.45, 2.75) is 37.5 Å². The van der Waals surface area contributed by atoms with Crippen LogP contribution < -0.4 is 14.8 Å². The van der Waals surface area contributed by atoms with E-state index in [1.54, 1.807) is 61.5 Å². The number of hydrogen-bond donors (Lipinski definition) is 1. The summed E-state index contributed by atoms with van der Waals surface area (Å²) >= 11 is 0. The van der Waals surface area contributed by atoms with Crippen LogP contribution in [-0.4, -0.2) is 68.8 Å². The quantitative estimate of drug-likeness (QED) is 0.673. The van der Waals surface area contributed by atoms with E-state index in [2.05, 4.69) is 5.32 Å². The lowest BCUT2D eigenvalue weighted by molar-refractivity contribution is -0.151. The van der Waals surface area contributed by atoms with Crippen LogP contribution in [0.1, 0.15) is 40.0 Å². The molecule has 0 aromatic heterocycles. The average Bonchev–Trinajstić information content (AvgIpc) is 2.86. The van der Waals surface area contributed by atoms with Crippen molar-refractivity contribution >= 4 is 23.5 Å². The topological polar surface area (TPSA) is 103 Å². The summed E-state index contributed by atoms with van der Waals surface area (Å²) in [5, 5.41) is 2.83. The number of benzene rings is 2. The fraction of sp³-hybridized carbons (Fsp3) is 0.400. The van der Waals surface area contributed by atoms with Crippen molar-refractivity contribution in [3.63, 3.8) is 0 Å². The van der Waals surface area contributed by atoms with Crippen LogP contribution >= 0.6 is 0 Å². The predicted molar refractivity (Wildman–Crippen MR) is 123 cm³/mol. The van der Waals surface area contributed by atoms with E-state index < -0.39 is 0 Å². The zero-order valence-electron chi connectivity index (χ0n) is 19.4. The maximum atomic E-state index is 13.3. The fourth-order valence-electron chi connectivity index (χ4n) is 4.32. The molecule has 3 atom stereocenters. The zero-order chi connectivity index (χ0) is 24.2. The molecule has 1 fully saturated rings. The molecule has 2 aromatic carbocycles. The van der Waals surface area contributed by atoms with Crippen LogP contribution in [0, 0.1) is 0 Å². The third-order valence-electron chi connectivity index (χ3n) is 6.24. The lowest BCUT2D eigenvalue weighted by atomic mass is 9.94. The molecule has 2 heterocycles. The van der Waals surface area contributed by atoms with Crippen LogP contribution in [0.4, 0.5) is 5.69 Å². The van der Waals surface area contributed by atoms with Gasteiger partial charge < -0.3 is 29.2 Å². The van der Waals surface area contributed by atoms with Crippen molar-refractivity contribution in [3.8, 4) is 11.5 Å². The first kappa shape index (κ1) is 23.6. The summed E-state index contributed by atoms with van der Waals surface area (Å²) in [5.41, 5.74) is 1.32. The summed E-state index contributed by atoms with van der Waals surface area (Å²) in [6.45, 7) is 0.241. The SMILES string of the molecule is COC(=O)C[C@H]1CC[C@@H]2[C@H](COc3ccc(NC(=O)c4ccc(OC)cc4)cc3C(=O)N2C)O1. The normalized spacial score (nSPS) is 21.8. The summed E-state index contributed by atoms with van der Waals surface area (Å²) in [7, 11) is 4.65. The summed E-state index contributed by atoms with van der Waals surface area (Å²) in [6.07, 6.45) is 0.862. The number of rotatable bonds is 5. The van der Waals surface area contributed by atoms with Crippen LogP contribution in [0.15, 0.2) is 42.5 Å². The Kier molecular flexibility index (Phi) is 7.02. The van der Waals surface area contributed by atoms with E-state index in [1.165, 1.54) is 7.11 Å². The molecule has 0 unspecified atom stereocenters. The molecule has 0 saturated carbocycles. The van der Waals surface area contributed by atoms with Crippen molar-refractivity contribution < 1.29 is 33.3 Å². The van der Waals surface area contributed by atoms with Crippen molar-refractivity contribution in [1.29, 1.82) is 0 Å². The molecule has 180 valence electrons. The van der Waals surface area contributed by atoms with Gasteiger partial charge in [-0.05, 0) is 55.3 Å². The molecule has 0 bridgehead atoms. The summed E-state index contributed by atoms with van der Waals surface area (Å²) in [4.78, 5) is 39.3. The number of nitrogens with zero attached hydrogens (tertiary/aromatic N) is 1. The van der Waals surface area contributed by atoms with Crippen molar-refractivity contribution in [1.82, 2.24) is 4.90 Å². The van der Waals surface area contributed by atoms with E-state index in [1.807, 2.05) is 0 Å². The number of fused-ring (bicyclic) bond motifs is 2. The average molecular weight is 469 g/mol. The second-order valence-electron chi connectivity index (χ2n) is 8.34. The molecule has 4 rings (SSSR count). The molecule has 1 N–H and O–H groups in total. The maximum Gasteiger partial charge on any atom is 0.308 e. The van der Waals surface area contributed by atoms with Gasteiger partial charge in [0, 0.05) is 18.3 Å². The zero-order valence-corrected chi connectivity index (χ0v) is 19.4. The number of methoxy groups -OCH3 is 2. The van der Waals surface area contributed by atoms with Gasteiger partial charge in [0.25, 0.3) is 11.8 Å².